The summed E-state index contributed by atoms with van der Waals surface area (Å²) in [4.78, 5) is 13.0. The third-order valence-corrected chi connectivity index (χ3v) is 5.19. The van der Waals surface area contributed by atoms with E-state index in [1.54, 1.807) is 0 Å². The molecule has 2 aromatic heterocycles. The predicted molar refractivity (Wildman–Crippen MR) is 93.5 cm³/mol. The first kappa shape index (κ1) is 15.3. The Morgan fingerprint density at radius 3 is 2.96 bits per heavy atom. The molecular weight excluding hydrogens is 322 g/mol. The molecule has 24 heavy (non-hydrogen) atoms. The molecule has 3 aromatic rings. The molecule has 0 saturated heterocycles. The highest BCUT2D eigenvalue weighted by Crippen LogP contribution is 2.39. The fourth-order valence-corrected chi connectivity index (χ4v) is 3.51. The molecule has 6 nitrogen and oxygen atoms in total. The minimum atomic E-state index is 0.0112. The van der Waals surface area contributed by atoms with Crippen molar-refractivity contribution in [1.29, 1.82) is 0 Å². The summed E-state index contributed by atoms with van der Waals surface area (Å²) in [6.45, 7) is 4.02. The normalized spacial score (nSPS) is 14.2. The van der Waals surface area contributed by atoms with E-state index in [2.05, 4.69) is 20.6 Å². The molecule has 0 atom stereocenters. The van der Waals surface area contributed by atoms with E-state index >= 15 is 0 Å². The summed E-state index contributed by atoms with van der Waals surface area (Å²) >= 11 is 1.52. The van der Waals surface area contributed by atoms with E-state index in [0.717, 1.165) is 32.6 Å². The van der Waals surface area contributed by atoms with E-state index in [1.165, 1.54) is 24.2 Å². The van der Waals surface area contributed by atoms with Crippen LogP contribution < -0.4 is 5.32 Å². The number of hydrogen-bond acceptors (Lipinski definition) is 5. The van der Waals surface area contributed by atoms with Gasteiger partial charge in [-0.05, 0) is 43.9 Å². The average Bonchev–Trinajstić information content (AvgIpc) is 3.18. The van der Waals surface area contributed by atoms with Crippen LogP contribution in [0.25, 0.3) is 4.96 Å². The van der Waals surface area contributed by atoms with Gasteiger partial charge in [0.1, 0.15) is 5.01 Å². The summed E-state index contributed by atoms with van der Waals surface area (Å²) < 4.78 is 1.85. The Labute approximate surface area is 143 Å². The number of fused-ring (bicyclic) bond motifs is 1. The molecule has 1 aliphatic rings. The molecule has 1 aromatic carbocycles. The Morgan fingerprint density at radius 2 is 2.17 bits per heavy atom. The fourth-order valence-electron chi connectivity index (χ4n) is 2.67. The number of carbonyl (C=O) groups excluding carboxylic acids is 1. The Bertz CT molecular complexity index is 909. The third-order valence-electron chi connectivity index (χ3n) is 4.23. The van der Waals surface area contributed by atoms with E-state index in [-0.39, 0.29) is 5.91 Å². The lowest BCUT2D eigenvalue weighted by Crippen LogP contribution is -2.13. The molecule has 0 radical (unpaired) electrons. The second-order valence-electron chi connectivity index (χ2n) is 6.39. The van der Waals surface area contributed by atoms with E-state index in [1.807, 2.05) is 36.6 Å². The number of aromatic nitrogens is 4. The molecule has 2 heterocycles. The molecule has 1 fully saturated rings. The Balaban J connectivity index is 1.41. The topological polar surface area (TPSA) is 72.2 Å². The largest absolute Gasteiger partial charge is 0.326 e. The monoisotopic (exact) mass is 341 g/mol. The van der Waals surface area contributed by atoms with Gasteiger partial charge in [-0.2, -0.15) is 9.61 Å². The standard InChI is InChI=1S/C17H19N5OS/c1-10-3-4-11(2)13(9-10)18-14(23)7-8-15-21-22-16(12-5-6-12)19-20-17(22)24-15/h3-4,9,12H,5-8H2,1-2H3,(H,18,23). The number of carbonyl (C=O) groups is 1. The molecule has 7 heteroatoms. The van der Waals surface area contributed by atoms with Crippen LogP contribution in [0.5, 0.6) is 0 Å². The van der Waals surface area contributed by atoms with Gasteiger partial charge in [0.05, 0.1) is 0 Å². The average molecular weight is 341 g/mol. The molecule has 1 aliphatic carbocycles. The zero-order valence-electron chi connectivity index (χ0n) is 13.7. The van der Waals surface area contributed by atoms with Crippen molar-refractivity contribution in [2.75, 3.05) is 5.32 Å². The molecule has 0 unspecified atom stereocenters. The molecular formula is C17H19N5OS. The highest BCUT2D eigenvalue weighted by Gasteiger charge is 2.30. The zero-order valence-corrected chi connectivity index (χ0v) is 14.6. The van der Waals surface area contributed by atoms with Crippen LogP contribution in [-0.2, 0) is 11.2 Å². The molecule has 0 aliphatic heterocycles. The summed E-state index contributed by atoms with van der Waals surface area (Å²) in [5.74, 6) is 1.49. The lowest BCUT2D eigenvalue weighted by atomic mass is 10.1. The molecule has 124 valence electrons. The molecule has 1 N–H and O–H groups in total. The number of hydrogen-bond donors (Lipinski definition) is 1. The number of anilines is 1. The molecule has 1 saturated carbocycles. The number of rotatable bonds is 5. The van der Waals surface area contributed by atoms with Gasteiger partial charge in [0.2, 0.25) is 10.9 Å². The van der Waals surface area contributed by atoms with Crippen LogP contribution in [0.3, 0.4) is 0 Å². The van der Waals surface area contributed by atoms with Crippen LogP contribution >= 0.6 is 11.3 Å². The van der Waals surface area contributed by atoms with Crippen molar-refractivity contribution < 1.29 is 4.79 Å². The Kier molecular flexibility index (Phi) is 3.80. The summed E-state index contributed by atoms with van der Waals surface area (Å²) in [5.41, 5.74) is 3.09. The number of nitrogens with one attached hydrogen (secondary N) is 1. The number of nitrogens with zero attached hydrogens (tertiary/aromatic N) is 4. The predicted octanol–water partition coefficient (Wildman–Crippen LogP) is 3.25. The van der Waals surface area contributed by atoms with Gasteiger partial charge in [0.25, 0.3) is 0 Å². The van der Waals surface area contributed by atoms with Gasteiger partial charge in [0, 0.05) is 24.4 Å². The van der Waals surface area contributed by atoms with Crippen LogP contribution in [0, 0.1) is 13.8 Å². The SMILES string of the molecule is Cc1ccc(C)c(NC(=O)CCc2nn3c(C4CC4)nnc3s2)c1. The molecule has 0 spiro atoms. The number of aryl methyl sites for hydroxylation is 3. The van der Waals surface area contributed by atoms with Crippen LogP contribution in [-0.4, -0.2) is 25.7 Å². The summed E-state index contributed by atoms with van der Waals surface area (Å²) in [6.07, 6.45) is 3.38. The van der Waals surface area contributed by atoms with Gasteiger partial charge in [-0.3, -0.25) is 4.79 Å². The fraction of sp³-hybridized carbons (Fsp3) is 0.412. The maximum Gasteiger partial charge on any atom is 0.234 e. The maximum atomic E-state index is 12.2. The van der Waals surface area contributed by atoms with E-state index in [9.17, 15) is 4.79 Å². The lowest BCUT2D eigenvalue weighted by Gasteiger charge is -2.08. The van der Waals surface area contributed by atoms with Crippen molar-refractivity contribution in [3.8, 4) is 0 Å². The number of amides is 1. The zero-order chi connectivity index (χ0) is 16.7. The first-order valence-corrected chi connectivity index (χ1v) is 9.00. The van der Waals surface area contributed by atoms with Crippen LogP contribution in [0.15, 0.2) is 18.2 Å². The molecule has 0 bridgehead atoms. The van der Waals surface area contributed by atoms with Gasteiger partial charge >= 0.3 is 0 Å². The van der Waals surface area contributed by atoms with Crippen molar-refractivity contribution in [3.63, 3.8) is 0 Å². The van der Waals surface area contributed by atoms with E-state index < -0.39 is 0 Å². The van der Waals surface area contributed by atoms with Crippen LogP contribution in [0.4, 0.5) is 5.69 Å². The first-order valence-electron chi connectivity index (χ1n) is 8.18. The lowest BCUT2D eigenvalue weighted by molar-refractivity contribution is -0.116. The van der Waals surface area contributed by atoms with E-state index in [4.69, 9.17) is 0 Å². The maximum absolute atomic E-state index is 12.2. The van der Waals surface area contributed by atoms with Crippen molar-refractivity contribution in [2.45, 2.75) is 45.4 Å². The van der Waals surface area contributed by atoms with Gasteiger partial charge in [-0.1, -0.05) is 23.5 Å². The summed E-state index contributed by atoms with van der Waals surface area (Å²) in [7, 11) is 0. The Morgan fingerprint density at radius 1 is 1.33 bits per heavy atom. The third kappa shape index (κ3) is 3.03. The van der Waals surface area contributed by atoms with Crippen molar-refractivity contribution in [3.05, 3.63) is 40.2 Å². The quantitative estimate of drug-likeness (QED) is 0.773. The summed E-state index contributed by atoms with van der Waals surface area (Å²) in [6, 6.07) is 6.06. The number of benzene rings is 1. The van der Waals surface area contributed by atoms with Crippen LogP contribution in [0.1, 0.15) is 47.1 Å². The van der Waals surface area contributed by atoms with Gasteiger partial charge in [-0.15, -0.1) is 10.2 Å². The minimum absolute atomic E-state index is 0.0112. The second kappa shape index (κ2) is 5.98. The molecule has 4 rings (SSSR count). The smallest absolute Gasteiger partial charge is 0.234 e. The molecule has 1 amide bonds. The van der Waals surface area contributed by atoms with Gasteiger partial charge < -0.3 is 5.32 Å². The first-order chi connectivity index (χ1) is 11.6. The van der Waals surface area contributed by atoms with E-state index in [0.29, 0.717) is 18.8 Å². The summed E-state index contributed by atoms with van der Waals surface area (Å²) in [5, 5.41) is 16.9. The van der Waals surface area contributed by atoms with Crippen molar-refractivity contribution >= 4 is 27.9 Å². The minimum Gasteiger partial charge on any atom is -0.326 e. The Hall–Kier alpha value is -2.28. The highest BCUT2D eigenvalue weighted by molar-refractivity contribution is 7.16. The van der Waals surface area contributed by atoms with Crippen molar-refractivity contribution in [1.82, 2.24) is 19.8 Å². The van der Waals surface area contributed by atoms with Crippen molar-refractivity contribution in [2.24, 2.45) is 0 Å². The van der Waals surface area contributed by atoms with Crippen LogP contribution in [0.2, 0.25) is 0 Å². The van der Waals surface area contributed by atoms with Gasteiger partial charge in [0.15, 0.2) is 5.82 Å². The highest BCUT2D eigenvalue weighted by atomic mass is 32.1. The van der Waals surface area contributed by atoms with Gasteiger partial charge in [-0.25, -0.2) is 0 Å². The second-order valence-corrected chi connectivity index (χ2v) is 7.43.